The Morgan fingerprint density at radius 2 is 1.88 bits per heavy atom. The number of hydrogen-bond donors (Lipinski definition) is 1. The Hall–Kier alpha value is -1.61. The van der Waals surface area contributed by atoms with E-state index in [0.29, 0.717) is 4.88 Å². The molecule has 1 amide bonds. The number of benzene rings is 1. The quantitative estimate of drug-likeness (QED) is 0.865. The van der Waals surface area contributed by atoms with Gasteiger partial charge in [-0.25, -0.2) is 0 Å². The number of rotatable bonds is 2. The lowest BCUT2D eigenvalue weighted by Crippen LogP contribution is -2.10. The van der Waals surface area contributed by atoms with E-state index >= 15 is 0 Å². The summed E-state index contributed by atoms with van der Waals surface area (Å²) in [6.45, 7) is 6.11. The van der Waals surface area contributed by atoms with Gasteiger partial charge in [-0.2, -0.15) is 0 Å². The third-order valence-electron chi connectivity index (χ3n) is 2.94. The molecule has 17 heavy (non-hydrogen) atoms. The van der Waals surface area contributed by atoms with Gasteiger partial charge in [0.15, 0.2) is 0 Å². The summed E-state index contributed by atoms with van der Waals surface area (Å²) < 4.78 is 0. The Morgan fingerprint density at radius 1 is 1.18 bits per heavy atom. The van der Waals surface area contributed by atoms with Crippen LogP contribution in [0.15, 0.2) is 23.6 Å². The fourth-order valence-corrected chi connectivity index (χ4v) is 2.98. The second-order valence-electron chi connectivity index (χ2n) is 4.29. The van der Waals surface area contributed by atoms with Gasteiger partial charge >= 0.3 is 0 Å². The Balaban J connectivity index is 2.57. The standard InChI is InChI=1S/C14H15NOS/c1-8-4-5-11(9(2)6-8)12-7-17-13(10(12)3)14(15)16/h4-7H,1-3H3,(H2,15,16). The van der Waals surface area contributed by atoms with Crippen LogP contribution in [0, 0.1) is 20.8 Å². The number of carbonyl (C=O) groups excluding carboxylic acids is 1. The topological polar surface area (TPSA) is 43.1 Å². The van der Waals surface area contributed by atoms with Crippen LogP contribution in [-0.4, -0.2) is 5.91 Å². The molecule has 3 heteroatoms. The van der Waals surface area contributed by atoms with Crippen molar-refractivity contribution >= 4 is 17.2 Å². The molecule has 0 saturated carbocycles. The number of carbonyl (C=O) groups is 1. The molecule has 0 saturated heterocycles. The second kappa shape index (κ2) is 4.34. The van der Waals surface area contributed by atoms with Gasteiger partial charge in [0.2, 0.25) is 0 Å². The van der Waals surface area contributed by atoms with Crippen molar-refractivity contribution in [3.05, 3.63) is 45.1 Å². The zero-order valence-corrected chi connectivity index (χ0v) is 11.0. The minimum Gasteiger partial charge on any atom is -0.365 e. The molecule has 2 rings (SSSR count). The molecule has 88 valence electrons. The smallest absolute Gasteiger partial charge is 0.259 e. The number of primary amides is 1. The van der Waals surface area contributed by atoms with Gasteiger partial charge < -0.3 is 5.73 Å². The van der Waals surface area contributed by atoms with Crippen molar-refractivity contribution < 1.29 is 4.79 Å². The Bertz CT molecular complexity index is 584. The first kappa shape index (κ1) is 11.9. The zero-order chi connectivity index (χ0) is 12.6. The molecule has 2 aromatic rings. The molecule has 2 nitrogen and oxygen atoms in total. The normalized spacial score (nSPS) is 10.5. The summed E-state index contributed by atoms with van der Waals surface area (Å²) in [4.78, 5) is 11.9. The largest absolute Gasteiger partial charge is 0.365 e. The lowest BCUT2D eigenvalue weighted by Gasteiger charge is -2.06. The van der Waals surface area contributed by atoms with E-state index < -0.39 is 0 Å². The first-order valence-electron chi connectivity index (χ1n) is 5.46. The SMILES string of the molecule is Cc1ccc(-c2csc(C(N)=O)c2C)c(C)c1. The summed E-state index contributed by atoms with van der Waals surface area (Å²) in [6, 6.07) is 6.34. The van der Waals surface area contributed by atoms with Gasteiger partial charge in [0, 0.05) is 0 Å². The lowest BCUT2D eigenvalue weighted by molar-refractivity contribution is 0.100. The van der Waals surface area contributed by atoms with E-state index in [-0.39, 0.29) is 5.91 Å². The Labute approximate surface area is 105 Å². The van der Waals surface area contributed by atoms with Gasteiger partial charge in [-0.1, -0.05) is 23.8 Å². The van der Waals surface area contributed by atoms with Crippen LogP contribution in [0.3, 0.4) is 0 Å². The molecule has 0 fully saturated rings. The van der Waals surface area contributed by atoms with E-state index in [1.165, 1.54) is 28.0 Å². The molecule has 0 bridgehead atoms. The molecular weight excluding hydrogens is 230 g/mol. The van der Waals surface area contributed by atoms with E-state index in [1.54, 1.807) is 0 Å². The van der Waals surface area contributed by atoms with Crippen molar-refractivity contribution in [1.82, 2.24) is 0 Å². The van der Waals surface area contributed by atoms with Gasteiger partial charge in [-0.3, -0.25) is 4.79 Å². The van der Waals surface area contributed by atoms with Crippen LogP contribution in [0.2, 0.25) is 0 Å². The summed E-state index contributed by atoms with van der Waals surface area (Å²) in [5, 5.41) is 2.01. The average molecular weight is 245 g/mol. The predicted molar refractivity (Wildman–Crippen MR) is 72.5 cm³/mol. The monoisotopic (exact) mass is 245 g/mol. The third-order valence-corrected chi connectivity index (χ3v) is 4.03. The Kier molecular flexibility index (Phi) is 3.03. The molecule has 0 radical (unpaired) electrons. The van der Waals surface area contributed by atoms with E-state index in [1.807, 2.05) is 12.3 Å². The maximum Gasteiger partial charge on any atom is 0.259 e. The summed E-state index contributed by atoms with van der Waals surface area (Å²) in [7, 11) is 0. The molecule has 0 aliphatic rings. The molecular formula is C14H15NOS. The molecule has 0 atom stereocenters. The van der Waals surface area contributed by atoms with Crippen molar-refractivity contribution in [1.29, 1.82) is 0 Å². The minimum absolute atomic E-state index is 0.344. The predicted octanol–water partition coefficient (Wildman–Crippen LogP) is 3.44. The summed E-state index contributed by atoms with van der Waals surface area (Å²) in [5.74, 6) is -0.344. The van der Waals surface area contributed by atoms with Crippen molar-refractivity contribution in [3.8, 4) is 11.1 Å². The number of hydrogen-bond acceptors (Lipinski definition) is 2. The number of nitrogens with two attached hydrogens (primary N) is 1. The van der Waals surface area contributed by atoms with Crippen molar-refractivity contribution in [2.75, 3.05) is 0 Å². The number of thiophene rings is 1. The highest BCUT2D eigenvalue weighted by atomic mass is 32.1. The fraction of sp³-hybridized carbons (Fsp3) is 0.214. The van der Waals surface area contributed by atoms with Crippen LogP contribution < -0.4 is 5.73 Å². The van der Waals surface area contributed by atoms with Gasteiger partial charge in [0.25, 0.3) is 5.91 Å². The molecule has 1 heterocycles. The van der Waals surface area contributed by atoms with Crippen LogP contribution >= 0.6 is 11.3 Å². The van der Waals surface area contributed by atoms with Crippen molar-refractivity contribution in [3.63, 3.8) is 0 Å². The molecule has 1 aromatic carbocycles. The van der Waals surface area contributed by atoms with E-state index in [9.17, 15) is 4.79 Å². The van der Waals surface area contributed by atoms with Crippen LogP contribution in [0.4, 0.5) is 0 Å². The zero-order valence-electron chi connectivity index (χ0n) is 10.2. The van der Waals surface area contributed by atoms with Crippen LogP contribution in [0.25, 0.3) is 11.1 Å². The summed E-state index contributed by atoms with van der Waals surface area (Å²) in [5.41, 5.74) is 11.1. The van der Waals surface area contributed by atoms with Gasteiger partial charge in [-0.15, -0.1) is 11.3 Å². The van der Waals surface area contributed by atoms with Crippen molar-refractivity contribution in [2.45, 2.75) is 20.8 Å². The maximum atomic E-state index is 11.2. The first-order valence-corrected chi connectivity index (χ1v) is 6.34. The molecule has 0 spiro atoms. The van der Waals surface area contributed by atoms with E-state index in [4.69, 9.17) is 5.73 Å². The third kappa shape index (κ3) is 2.11. The first-order chi connectivity index (χ1) is 8.00. The molecule has 2 N–H and O–H groups in total. The van der Waals surface area contributed by atoms with E-state index in [2.05, 4.69) is 32.0 Å². The average Bonchev–Trinajstić information content (AvgIpc) is 2.60. The second-order valence-corrected chi connectivity index (χ2v) is 5.17. The molecule has 0 unspecified atom stereocenters. The summed E-state index contributed by atoms with van der Waals surface area (Å²) >= 11 is 1.42. The van der Waals surface area contributed by atoms with Gasteiger partial charge in [0.1, 0.15) is 0 Å². The molecule has 0 aliphatic carbocycles. The summed E-state index contributed by atoms with van der Waals surface area (Å²) in [6.07, 6.45) is 0. The van der Waals surface area contributed by atoms with Gasteiger partial charge in [-0.05, 0) is 48.4 Å². The molecule has 0 aliphatic heterocycles. The number of amides is 1. The van der Waals surface area contributed by atoms with Crippen molar-refractivity contribution in [2.24, 2.45) is 5.73 Å². The Morgan fingerprint density at radius 3 is 2.41 bits per heavy atom. The maximum absolute atomic E-state index is 11.2. The van der Waals surface area contributed by atoms with Gasteiger partial charge in [0.05, 0.1) is 4.88 Å². The van der Waals surface area contributed by atoms with E-state index in [0.717, 1.165) is 11.1 Å². The fourth-order valence-electron chi connectivity index (χ4n) is 2.04. The molecule has 1 aromatic heterocycles. The minimum atomic E-state index is -0.344. The van der Waals surface area contributed by atoms with Crippen LogP contribution in [0.5, 0.6) is 0 Å². The highest BCUT2D eigenvalue weighted by Gasteiger charge is 2.14. The highest BCUT2D eigenvalue weighted by Crippen LogP contribution is 2.33. The lowest BCUT2D eigenvalue weighted by atomic mass is 9.97. The number of aryl methyl sites for hydroxylation is 2. The highest BCUT2D eigenvalue weighted by molar-refractivity contribution is 7.12. The van der Waals surface area contributed by atoms with Crippen LogP contribution in [0.1, 0.15) is 26.4 Å². The van der Waals surface area contributed by atoms with Crippen LogP contribution in [-0.2, 0) is 0 Å².